The number of nitrogens with zero attached hydrogens (tertiary/aromatic N) is 4. The van der Waals surface area contributed by atoms with Crippen LogP contribution in [-0.2, 0) is 7.05 Å². The minimum Gasteiger partial charge on any atom is -0.342 e. The Kier molecular flexibility index (Phi) is 4.94. The molecule has 2 aromatic heterocycles. The first-order chi connectivity index (χ1) is 13.5. The highest BCUT2D eigenvalue weighted by Gasteiger charge is 2.35. The maximum Gasteiger partial charge on any atom is 0.251 e. The Balaban J connectivity index is 1.55. The summed E-state index contributed by atoms with van der Waals surface area (Å²) in [4.78, 5) is 17.4. The van der Waals surface area contributed by atoms with Crippen molar-refractivity contribution in [3.05, 3.63) is 65.9 Å². The van der Waals surface area contributed by atoms with Crippen molar-refractivity contribution in [1.82, 2.24) is 25.1 Å². The monoisotopic (exact) mass is 375 g/mol. The number of hydrogen-bond acceptors (Lipinski definition) is 4. The molecular formula is C22H25N5O. The fourth-order valence-corrected chi connectivity index (χ4v) is 3.35. The second-order valence-corrected chi connectivity index (χ2v) is 7.76. The van der Waals surface area contributed by atoms with Crippen LogP contribution in [0.1, 0.15) is 60.5 Å². The summed E-state index contributed by atoms with van der Waals surface area (Å²) in [5.41, 5.74) is 3.23. The zero-order chi connectivity index (χ0) is 19.7. The van der Waals surface area contributed by atoms with Gasteiger partial charge in [-0.15, -0.1) is 0 Å². The van der Waals surface area contributed by atoms with Gasteiger partial charge in [0.15, 0.2) is 0 Å². The molecule has 28 heavy (non-hydrogen) atoms. The third-order valence-electron chi connectivity index (χ3n) is 5.21. The molecule has 1 fully saturated rings. The second kappa shape index (κ2) is 7.54. The van der Waals surface area contributed by atoms with Crippen LogP contribution in [0.15, 0.2) is 48.8 Å². The molecule has 6 nitrogen and oxygen atoms in total. The van der Waals surface area contributed by atoms with Crippen molar-refractivity contribution in [2.75, 3.05) is 0 Å². The van der Waals surface area contributed by atoms with E-state index in [9.17, 15) is 4.79 Å². The van der Waals surface area contributed by atoms with Crippen LogP contribution in [0.4, 0.5) is 0 Å². The first-order valence-electron chi connectivity index (χ1n) is 9.75. The lowest BCUT2D eigenvalue weighted by atomic mass is 10.1. The van der Waals surface area contributed by atoms with Crippen LogP contribution in [0.2, 0.25) is 0 Å². The number of aromatic nitrogens is 4. The van der Waals surface area contributed by atoms with Crippen molar-refractivity contribution < 1.29 is 4.79 Å². The maximum atomic E-state index is 12.9. The summed E-state index contributed by atoms with van der Waals surface area (Å²) in [6.45, 7) is 4.18. The van der Waals surface area contributed by atoms with Gasteiger partial charge in [-0.3, -0.25) is 4.79 Å². The molecule has 2 heterocycles. The number of carbonyl (C=O) groups excluding carboxylic acids is 1. The molecule has 0 bridgehead atoms. The van der Waals surface area contributed by atoms with E-state index in [1.807, 2.05) is 54.2 Å². The average molecular weight is 375 g/mol. The topological polar surface area (TPSA) is 72.7 Å². The van der Waals surface area contributed by atoms with Crippen molar-refractivity contribution in [3.8, 4) is 11.3 Å². The van der Waals surface area contributed by atoms with Gasteiger partial charge < -0.3 is 9.88 Å². The molecule has 1 aliphatic carbocycles. The second-order valence-electron chi connectivity index (χ2n) is 7.76. The lowest BCUT2D eigenvalue weighted by Crippen LogP contribution is -2.31. The Bertz CT molecular complexity index is 973. The summed E-state index contributed by atoms with van der Waals surface area (Å²) in [7, 11) is 1.96. The third-order valence-corrected chi connectivity index (χ3v) is 5.21. The smallest absolute Gasteiger partial charge is 0.251 e. The van der Waals surface area contributed by atoms with E-state index in [0.717, 1.165) is 35.6 Å². The fraction of sp³-hybridized carbons (Fsp3) is 0.364. The molecule has 0 aliphatic heterocycles. The van der Waals surface area contributed by atoms with Crippen molar-refractivity contribution in [1.29, 1.82) is 0 Å². The molecule has 1 aliphatic rings. The molecule has 4 rings (SSSR count). The summed E-state index contributed by atoms with van der Waals surface area (Å²) in [5, 5.41) is 11.8. The minimum atomic E-state index is -0.0893. The van der Waals surface area contributed by atoms with Crippen LogP contribution >= 0.6 is 0 Å². The lowest BCUT2D eigenvalue weighted by molar-refractivity contribution is 0.0929. The van der Waals surface area contributed by atoms with Gasteiger partial charge in [-0.1, -0.05) is 26.0 Å². The highest BCUT2D eigenvalue weighted by Crippen LogP contribution is 2.40. The van der Waals surface area contributed by atoms with E-state index in [-0.39, 0.29) is 11.9 Å². The van der Waals surface area contributed by atoms with Gasteiger partial charge >= 0.3 is 0 Å². The molecule has 1 N–H and O–H groups in total. The summed E-state index contributed by atoms with van der Waals surface area (Å²) in [5.74, 6) is 1.61. The number of carbonyl (C=O) groups is 1. The Morgan fingerprint density at radius 3 is 2.61 bits per heavy atom. The number of nitrogens with one attached hydrogen (secondary N) is 1. The molecule has 1 amide bonds. The van der Waals surface area contributed by atoms with Crippen LogP contribution < -0.4 is 5.32 Å². The molecule has 1 aromatic carbocycles. The van der Waals surface area contributed by atoms with Crippen LogP contribution in [0.5, 0.6) is 0 Å². The predicted molar refractivity (Wildman–Crippen MR) is 108 cm³/mol. The van der Waals surface area contributed by atoms with E-state index in [1.165, 1.54) is 0 Å². The molecule has 0 saturated heterocycles. The predicted octanol–water partition coefficient (Wildman–Crippen LogP) is 3.88. The van der Waals surface area contributed by atoms with Crippen LogP contribution in [0, 0.1) is 5.92 Å². The van der Waals surface area contributed by atoms with E-state index in [2.05, 4.69) is 34.3 Å². The molecule has 0 spiro atoms. The van der Waals surface area contributed by atoms with Crippen molar-refractivity contribution in [3.63, 3.8) is 0 Å². The SMILES string of the molecule is CC(C)c1ccc(-c2cccc(C(=O)N[C@@H](c3nccn3C)C3CC3)c2)nn1. The molecule has 144 valence electrons. The first-order valence-corrected chi connectivity index (χ1v) is 9.75. The molecule has 0 unspecified atom stereocenters. The molecule has 1 saturated carbocycles. The van der Waals surface area contributed by atoms with Gasteiger partial charge in [-0.2, -0.15) is 10.2 Å². The van der Waals surface area contributed by atoms with E-state index < -0.39 is 0 Å². The summed E-state index contributed by atoms with van der Waals surface area (Å²) < 4.78 is 1.98. The fourth-order valence-electron chi connectivity index (χ4n) is 3.35. The number of benzene rings is 1. The van der Waals surface area contributed by atoms with Crippen molar-refractivity contribution >= 4 is 5.91 Å². The van der Waals surface area contributed by atoms with E-state index in [1.54, 1.807) is 6.20 Å². The Labute approximate surface area is 165 Å². The average Bonchev–Trinajstić information content (AvgIpc) is 3.47. The normalized spacial score (nSPS) is 14.9. The quantitative estimate of drug-likeness (QED) is 0.710. The maximum absolute atomic E-state index is 12.9. The van der Waals surface area contributed by atoms with Gasteiger partial charge in [0.25, 0.3) is 5.91 Å². The Morgan fingerprint density at radius 2 is 2.00 bits per heavy atom. The van der Waals surface area contributed by atoms with Crippen molar-refractivity contribution in [2.24, 2.45) is 13.0 Å². The third kappa shape index (κ3) is 3.81. The standard InChI is InChI=1S/C22H25N5O/c1-14(2)18-9-10-19(26-25-18)16-5-4-6-17(13-16)22(28)24-20(15-7-8-15)21-23-11-12-27(21)3/h4-6,9-15,20H,7-8H2,1-3H3,(H,24,28)/t20-/m1/s1. The molecule has 6 heteroatoms. The molecule has 0 radical (unpaired) electrons. The van der Waals surface area contributed by atoms with Gasteiger partial charge in [0, 0.05) is 30.6 Å². The zero-order valence-electron chi connectivity index (χ0n) is 16.5. The van der Waals surface area contributed by atoms with Gasteiger partial charge in [0.1, 0.15) is 5.82 Å². The highest BCUT2D eigenvalue weighted by atomic mass is 16.1. The Morgan fingerprint density at radius 1 is 1.18 bits per heavy atom. The molecule has 1 atom stereocenters. The summed E-state index contributed by atoms with van der Waals surface area (Å²) >= 11 is 0. The highest BCUT2D eigenvalue weighted by molar-refractivity contribution is 5.95. The number of rotatable bonds is 6. The van der Waals surface area contributed by atoms with E-state index in [0.29, 0.717) is 17.4 Å². The summed E-state index contributed by atoms with van der Waals surface area (Å²) in [6, 6.07) is 11.4. The van der Waals surface area contributed by atoms with Gasteiger partial charge in [-0.05, 0) is 48.9 Å². The van der Waals surface area contributed by atoms with Gasteiger partial charge in [0.05, 0.1) is 17.4 Å². The van der Waals surface area contributed by atoms with E-state index in [4.69, 9.17) is 0 Å². The number of aryl methyl sites for hydroxylation is 1. The zero-order valence-corrected chi connectivity index (χ0v) is 16.5. The van der Waals surface area contributed by atoms with Gasteiger partial charge in [0.2, 0.25) is 0 Å². The number of amides is 1. The van der Waals surface area contributed by atoms with Crippen LogP contribution in [-0.4, -0.2) is 25.7 Å². The molecular weight excluding hydrogens is 350 g/mol. The van der Waals surface area contributed by atoms with Crippen LogP contribution in [0.3, 0.4) is 0 Å². The minimum absolute atomic E-state index is 0.0544. The van der Waals surface area contributed by atoms with Gasteiger partial charge in [-0.25, -0.2) is 4.98 Å². The van der Waals surface area contributed by atoms with Crippen molar-refractivity contribution in [2.45, 2.75) is 38.6 Å². The van der Waals surface area contributed by atoms with E-state index >= 15 is 0 Å². The Hall–Kier alpha value is -3.02. The number of hydrogen-bond donors (Lipinski definition) is 1. The first kappa shape index (κ1) is 18.3. The largest absolute Gasteiger partial charge is 0.342 e. The lowest BCUT2D eigenvalue weighted by Gasteiger charge is -2.18. The summed E-state index contributed by atoms with van der Waals surface area (Å²) in [6.07, 6.45) is 5.93. The molecule has 3 aromatic rings. The van der Waals surface area contributed by atoms with Crippen LogP contribution in [0.25, 0.3) is 11.3 Å². The number of imidazole rings is 1.